The van der Waals surface area contributed by atoms with Crippen LogP contribution in [0.1, 0.15) is 11.1 Å². The van der Waals surface area contributed by atoms with Crippen molar-refractivity contribution in [1.29, 1.82) is 0 Å². The van der Waals surface area contributed by atoms with Gasteiger partial charge in [-0.05, 0) is 11.1 Å². The summed E-state index contributed by atoms with van der Waals surface area (Å²) in [6, 6.07) is 7.53. The van der Waals surface area contributed by atoms with Crippen molar-refractivity contribution in [1.82, 2.24) is 4.90 Å². The lowest BCUT2D eigenvalue weighted by molar-refractivity contribution is -0.144. The van der Waals surface area contributed by atoms with Gasteiger partial charge in [-0.2, -0.15) is 0 Å². The number of carbonyl (C=O) groups excluding carboxylic acids is 1. The van der Waals surface area contributed by atoms with Crippen molar-refractivity contribution in [2.24, 2.45) is 0 Å². The Labute approximate surface area is 112 Å². The lowest BCUT2D eigenvalue weighted by Gasteiger charge is -2.18. The van der Waals surface area contributed by atoms with Crippen molar-refractivity contribution in [3.8, 4) is 0 Å². The molecule has 5 nitrogen and oxygen atoms in total. The van der Waals surface area contributed by atoms with E-state index in [9.17, 15) is 9.59 Å². The molecule has 0 atom stereocenters. The Hall–Kier alpha value is -2.14. The third kappa shape index (κ3) is 5.35. The largest absolute Gasteiger partial charge is 0.480 e. The topological polar surface area (TPSA) is 66.8 Å². The Balaban J connectivity index is 2.71. The number of ether oxygens (including phenoxy) is 1. The zero-order chi connectivity index (χ0) is 14.3. The van der Waals surface area contributed by atoms with Gasteiger partial charge >= 0.3 is 11.9 Å². The number of hydrogen-bond donors (Lipinski definition) is 1. The lowest BCUT2D eigenvalue weighted by atomic mass is 10.1. The fourth-order valence-corrected chi connectivity index (χ4v) is 1.62. The Kier molecular flexibility index (Phi) is 5.75. The summed E-state index contributed by atoms with van der Waals surface area (Å²) in [5, 5.41) is 8.82. The molecule has 1 aromatic rings. The molecule has 0 saturated heterocycles. The van der Waals surface area contributed by atoms with Gasteiger partial charge in [-0.25, -0.2) is 0 Å². The van der Waals surface area contributed by atoms with Gasteiger partial charge in [-0.15, -0.1) is 0 Å². The molecule has 1 N–H and O–H groups in total. The summed E-state index contributed by atoms with van der Waals surface area (Å²) >= 11 is 0. The highest BCUT2D eigenvalue weighted by atomic mass is 16.5. The Morgan fingerprint density at radius 2 is 1.95 bits per heavy atom. The van der Waals surface area contributed by atoms with Crippen LogP contribution < -0.4 is 0 Å². The second-order valence-electron chi connectivity index (χ2n) is 4.06. The minimum atomic E-state index is -0.980. The first kappa shape index (κ1) is 14.9. The standard InChI is InChI=1S/C14H17NO4/c1-3-11-4-6-12(7-5-11)8-15(9-13(16)17)10-14(18)19-2/h3-7H,1,8-10H2,2H3,(H,16,17). The summed E-state index contributed by atoms with van der Waals surface area (Å²) in [5.74, 6) is -1.43. The van der Waals surface area contributed by atoms with E-state index >= 15 is 0 Å². The average molecular weight is 263 g/mol. The van der Waals surface area contributed by atoms with Crippen LogP contribution in [-0.2, 0) is 20.9 Å². The Morgan fingerprint density at radius 1 is 1.32 bits per heavy atom. The molecule has 0 heterocycles. The maximum Gasteiger partial charge on any atom is 0.319 e. The van der Waals surface area contributed by atoms with Crippen LogP contribution in [0.5, 0.6) is 0 Å². The molecule has 0 unspecified atom stereocenters. The average Bonchev–Trinajstić information content (AvgIpc) is 2.38. The monoisotopic (exact) mass is 263 g/mol. The van der Waals surface area contributed by atoms with Gasteiger partial charge in [-0.3, -0.25) is 14.5 Å². The van der Waals surface area contributed by atoms with Crippen molar-refractivity contribution in [3.63, 3.8) is 0 Å². The van der Waals surface area contributed by atoms with Crippen LogP contribution in [0.25, 0.3) is 6.08 Å². The first-order valence-corrected chi connectivity index (χ1v) is 5.77. The van der Waals surface area contributed by atoms with E-state index in [1.807, 2.05) is 24.3 Å². The number of hydrogen-bond acceptors (Lipinski definition) is 4. The van der Waals surface area contributed by atoms with Crippen LogP contribution in [0, 0.1) is 0 Å². The van der Waals surface area contributed by atoms with Gasteiger partial charge < -0.3 is 9.84 Å². The first-order chi connectivity index (χ1) is 9.05. The molecule has 1 aromatic carbocycles. The molecule has 0 aromatic heterocycles. The summed E-state index contributed by atoms with van der Waals surface area (Å²) in [6.45, 7) is 3.78. The number of methoxy groups -OCH3 is 1. The third-order valence-electron chi connectivity index (χ3n) is 2.56. The van der Waals surface area contributed by atoms with Gasteiger partial charge in [0.05, 0.1) is 20.2 Å². The summed E-state index contributed by atoms with van der Waals surface area (Å²) in [7, 11) is 1.28. The van der Waals surface area contributed by atoms with Crippen molar-refractivity contribution < 1.29 is 19.4 Å². The Morgan fingerprint density at radius 3 is 2.42 bits per heavy atom. The van der Waals surface area contributed by atoms with E-state index in [1.54, 1.807) is 6.08 Å². The molecule has 102 valence electrons. The van der Waals surface area contributed by atoms with E-state index < -0.39 is 11.9 Å². The predicted octanol–water partition coefficient (Wildman–Crippen LogP) is 1.39. The Bertz CT molecular complexity index is 453. The van der Waals surface area contributed by atoms with E-state index in [1.165, 1.54) is 12.0 Å². The molecule has 1 rings (SSSR count). The molecule has 0 aliphatic rings. The van der Waals surface area contributed by atoms with Gasteiger partial charge in [0, 0.05) is 6.54 Å². The zero-order valence-electron chi connectivity index (χ0n) is 10.8. The van der Waals surface area contributed by atoms with Crippen LogP contribution in [0.3, 0.4) is 0 Å². The lowest BCUT2D eigenvalue weighted by Crippen LogP contribution is -2.34. The van der Waals surface area contributed by atoms with Crippen LogP contribution >= 0.6 is 0 Å². The van der Waals surface area contributed by atoms with Gasteiger partial charge in [0.15, 0.2) is 0 Å². The number of carboxylic acids is 1. The van der Waals surface area contributed by atoms with Crippen LogP contribution in [-0.4, -0.2) is 42.1 Å². The molecule has 19 heavy (non-hydrogen) atoms. The second kappa shape index (κ2) is 7.33. The molecule has 5 heteroatoms. The van der Waals surface area contributed by atoms with Gasteiger partial charge in [0.2, 0.25) is 0 Å². The van der Waals surface area contributed by atoms with Crippen LogP contribution in [0.4, 0.5) is 0 Å². The van der Waals surface area contributed by atoms with Crippen LogP contribution in [0.2, 0.25) is 0 Å². The van der Waals surface area contributed by atoms with E-state index in [2.05, 4.69) is 11.3 Å². The zero-order valence-corrected chi connectivity index (χ0v) is 10.8. The first-order valence-electron chi connectivity index (χ1n) is 5.77. The van der Waals surface area contributed by atoms with Gasteiger partial charge in [0.25, 0.3) is 0 Å². The van der Waals surface area contributed by atoms with Crippen molar-refractivity contribution in [2.75, 3.05) is 20.2 Å². The molecule has 0 aliphatic heterocycles. The maximum absolute atomic E-state index is 11.2. The number of nitrogens with zero attached hydrogens (tertiary/aromatic N) is 1. The quantitative estimate of drug-likeness (QED) is 0.753. The van der Waals surface area contributed by atoms with E-state index in [0.29, 0.717) is 6.54 Å². The normalized spacial score (nSPS) is 10.2. The van der Waals surface area contributed by atoms with E-state index in [4.69, 9.17) is 5.11 Å². The summed E-state index contributed by atoms with van der Waals surface area (Å²) < 4.78 is 4.55. The fourth-order valence-electron chi connectivity index (χ4n) is 1.62. The number of carbonyl (C=O) groups is 2. The van der Waals surface area contributed by atoms with Crippen molar-refractivity contribution >= 4 is 18.0 Å². The van der Waals surface area contributed by atoms with Gasteiger partial charge in [0.1, 0.15) is 0 Å². The fraction of sp³-hybridized carbons (Fsp3) is 0.286. The van der Waals surface area contributed by atoms with Crippen molar-refractivity contribution in [3.05, 3.63) is 42.0 Å². The molecule has 0 spiro atoms. The van der Waals surface area contributed by atoms with E-state index in [0.717, 1.165) is 11.1 Å². The summed E-state index contributed by atoms with van der Waals surface area (Å²) in [4.78, 5) is 23.5. The number of benzene rings is 1. The molecule has 0 aliphatic carbocycles. The minimum Gasteiger partial charge on any atom is -0.480 e. The molecule has 0 bridgehead atoms. The molecule has 0 saturated carbocycles. The molecular weight excluding hydrogens is 246 g/mol. The third-order valence-corrected chi connectivity index (χ3v) is 2.56. The highest BCUT2D eigenvalue weighted by molar-refractivity contribution is 5.73. The van der Waals surface area contributed by atoms with Gasteiger partial charge in [-0.1, -0.05) is 36.9 Å². The molecule has 0 fully saturated rings. The minimum absolute atomic E-state index is 0.0496. The molecule has 0 amide bonds. The highest BCUT2D eigenvalue weighted by Crippen LogP contribution is 2.08. The second-order valence-corrected chi connectivity index (χ2v) is 4.06. The summed E-state index contributed by atoms with van der Waals surface area (Å²) in [6.07, 6.45) is 1.73. The maximum atomic E-state index is 11.2. The predicted molar refractivity (Wildman–Crippen MR) is 71.5 cm³/mol. The van der Waals surface area contributed by atoms with Crippen LogP contribution in [0.15, 0.2) is 30.8 Å². The smallest absolute Gasteiger partial charge is 0.319 e. The number of esters is 1. The number of rotatable bonds is 7. The highest BCUT2D eigenvalue weighted by Gasteiger charge is 2.14. The number of carboxylic acid groups (broad SMARTS) is 1. The SMILES string of the molecule is C=Cc1ccc(CN(CC(=O)O)CC(=O)OC)cc1. The molecular formula is C14H17NO4. The van der Waals surface area contributed by atoms with Crippen molar-refractivity contribution in [2.45, 2.75) is 6.54 Å². The van der Waals surface area contributed by atoms with E-state index in [-0.39, 0.29) is 13.1 Å². The molecule has 0 radical (unpaired) electrons. The number of aliphatic carboxylic acids is 1. The summed E-state index contributed by atoms with van der Waals surface area (Å²) in [5.41, 5.74) is 1.91.